The third-order valence-electron chi connectivity index (χ3n) is 6.55. The number of anilines is 1. The number of aromatic nitrogens is 1. The van der Waals surface area contributed by atoms with E-state index >= 15 is 0 Å². The summed E-state index contributed by atoms with van der Waals surface area (Å²) in [6.45, 7) is 3.74. The van der Waals surface area contributed by atoms with E-state index in [1.54, 1.807) is 32.6 Å². The first kappa shape index (κ1) is 24.4. The van der Waals surface area contributed by atoms with E-state index in [2.05, 4.69) is 15.3 Å². The maximum absolute atomic E-state index is 14.3. The lowest BCUT2D eigenvalue weighted by molar-refractivity contribution is 0.226. The molecule has 1 saturated carbocycles. The maximum Gasteiger partial charge on any atom is 0.168 e. The van der Waals surface area contributed by atoms with Crippen molar-refractivity contribution in [3.8, 4) is 5.75 Å². The number of halogens is 1. The normalized spacial score (nSPS) is 23.7. The van der Waals surface area contributed by atoms with Gasteiger partial charge in [0.2, 0.25) is 0 Å². The van der Waals surface area contributed by atoms with Gasteiger partial charge in [-0.3, -0.25) is 9.98 Å². The molecule has 2 aromatic rings. The lowest BCUT2D eigenvalue weighted by Crippen LogP contribution is -2.22. The van der Waals surface area contributed by atoms with Gasteiger partial charge in [-0.05, 0) is 62.9 Å². The van der Waals surface area contributed by atoms with Gasteiger partial charge in [0.15, 0.2) is 11.6 Å². The van der Waals surface area contributed by atoms with Gasteiger partial charge in [0, 0.05) is 66.6 Å². The van der Waals surface area contributed by atoms with E-state index in [0.29, 0.717) is 40.5 Å². The molecule has 0 unspecified atom stereocenters. The van der Waals surface area contributed by atoms with Crippen LogP contribution in [0.2, 0.25) is 0 Å². The average Bonchev–Trinajstić information content (AvgIpc) is 2.80. The van der Waals surface area contributed by atoms with E-state index in [4.69, 9.17) is 21.2 Å². The van der Waals surface area contributed by atoms with Crippen molar-refractivity contribution in [3.63, 3.8) is 0 Å². The molecular formula is C27H33FN6O. The van der Waals surface area contributed by atoms with Crippen LogP contribution < -0.4 is 21.5 Å². The topological polar surface area (TPSA) is 111 Å². The van der Waals surface area contributed by atoms with Crippen molar-refractivity contribution in [2.45, 2.75) is 51.7 Å². The number of allylic oxidation sites excluding steroid dienone is 3. The number of hydrogen-bond acceptors (Lipinski definition) is 7. The van der Waals surface area contributed by atoms with Crippen LogP contribution in [0.1, 0.15) is 62.3 Å². The summed E-state index contributed by atoms with van der Waals surface area (Å²) in [5.41, 5.74) is 18.9. The predicted octanol–water partition coefficient (Wildman–Crippen LogP) is 4.75. The van der Waals surface area contributed by atoms with E-state index in [1.165, 1.54) is 18.6 Å². The van der Waals surface area contributed by atoms with Gasteiger partial charge in [-0.1, -0.05) is 0 Å². The Kier molecular flexibility index (Phi) is 7.19. The molecule has 5 N–H and O–H groups in total. The number of nitrogens with two attached hydrogens (primary N) is 2. The molecule has 1 aromatic carbocycles. The average molecular weight is 477 g/mol. The first-order valence-corrected chi connectivity index (χ1v) is 11.9. The SMILES string of the molecule is CN=C/C1=C(\N)c2ccc(F)cc2[C@@H](C)Oc2cc(cnc2NC)C(=NC2CCC2)/C(=C(/C)N)C1. The van der Waals surface area contributed by atoms with E-state index < -0.39 is 6.10 Å². The Bertz CT molecular complexity index is 1240. The first-order valence-electron chi connectivity index (χ1n) is 11.9. The van der Waals surface area contributed by atoms with Crippen LogP contribution >= 0.6 is 0 Å². The van der Waals surface area contributed by atoms with E-state index in [9.17, 15) is 4.39 Å². The molecule has 2 heterocycles. The van der Waals surface area contributed by atoms with Crippen LogP contribution in [-0.4, -0.2) is 37.0 Å². The van der Waals surface area contributed by atoms with Crippen molar-refractivity contribution < 1.29 is 9.13 Å². The highest BCUT2D eigenvalue weighted by molar-refractivity contribution is 6.14. The molecular weight excluding hydrogens is 443 g/mol. The minimum Gasteiger partial charge on any atom is -0.482 e. The molecule has 2 bridgehead atoms. The van der Waals surface area contributed by atoms with Gasteiger partial charge in [-0.2, -0.15) is 0 Å². The van der Waals surface area contributed by atoms with Crippen LogP contribution in [0.5, 0.6) is 5.75 Å². The third-order valence-corrected chi connectivity index (χ3v) is 6.55. The second-order valence-corrected chi connectivity index (χ2v) is 9.04. The Morgan fingerprint density at radius 1 is 1.29 bits per heavy atom. The Morgan fingerprint density at radius 2 is 2.06 bits per heavy atom. The summed E-state index contributed by atoms with van der Waals surface area (Å²) in [5, 5.41) is 3.08. The second-order valence-electron chi connectivity index (χ2n) is 9.04. The van der Waals surface area contributed by atoms with Crippen molar-refractivity contribution in [1.82, 2.24) is 4.98 Å². The highest BCUT2D eigenvalue weighted by Gasteiger charge is 2.25. The van der Waals surface area contributed by atoms with Gasteiger partial charge in [-0.15, -0.1) is 0 Å². The Labute approximate surface area is 205 Å². The summed E-state index contributed by atoms with van der Waals surface area (Å²) in [4.78, 5) is 14.0. The fourth-order valence-electron chi connectivity index (χ4n) is 4.39. The van der Waals surface area contributed by atoms with Crippen LogP contribution in [-0.2, 0) is 0 Å². The lowest BCUT2D eigenvalue weighted by atomic mass is 9.89. The molecule has 1 atom stereocenters. The highest BCUT2D eigenvalue weighted by Crippen LogP contribution is 2.35. The maximum atomic E-state index is 14.3. The minimum absolute atomic E-state index is 0.243. The molecule has 7 nitrogen and oxygen atoms in total. The van der Waals surface area contributed by atoms with Crippen LogP contribution in [0.25, 0.3) is 5.70 Å². The fourth-order valence-corrected chi connectivity index (χ4v) is 4.39. The number of rotatable bonds is 3. The summed E-state index contributed by atoms with van der Waals surface area (Å²) >= 11 is 0. The molecule has 8 heteroatoms. The highest BCUT2D eigenvalue weighted by atomic mass is 19.1. The minimum atomic E-state index is -0.499. The molecule has 35 heavy (non-hydrogen) atoms. The van der Waals surface area contributed by atoms with E-state index in [-0.39, 0.29) is 11.9 Å². The van der Waals surface area contributed by atoms with Gasteiger partial charge < -0.3 is 21.5 Å². The fraction of sp³-hybridized carbons (Fsp3) is 0.370. The number of nitrogens with zero attached hydrogens (tertiary/aromatic N) is 3. The van der Waals surface area contributed by atoms with Crippen LogP contribution in [0.4, 0.5) is 10.2 Å². The standard InChI is InChI=1S/C27H33FN6O/c1-15(29)22-10-17(13-31-3)25(30)21-9-8-19(28)12-23(21)16(2)35-24-11-18(14-33-27(24)32-4)26(22)34-20-6-5-7-20/h8-9,11-14,16,20H,5-7,10,29-30H2,1-4H3,(H,32,33)/b22-15-,25-17-,31-13?,34-26?/t16-/m1/s1. The summed E-state index contributed by atoms with van der Waals surface area (Å²) in [6.07, 6.45) is 6.69. The monoisotopic (exact) mass is 476 g/mol. The Balaban J connectivity index is 2.02. The van der Waals surface area contributed by atoms with Crippen molar-refractivity contribution in [3.05, 3.63) is 69.8 Å². The zero-order chi connectivity index (χ0) is 25.1. The molecule has 0 amide bonds. The Hall–Kier alpha value is -3.68. The molecule has 2 aliphatic rings. The summed E-state index contributed by atoms with van der Waals surface area (Å²) < 4.78 is 20.7. The molecule has 1 aromatic heterocycles. The number of pyridine rings is 1. The molecule has 4 rings (SSSR count). The first-order chi connectivity index (χ1) is 16.8. The quantitative estimate of drug-likeness (QED) is 0.554. The molecule has 1 fully saturated rings. The van der Waals surface area contributed by atoms with E-state index in [1.807, 2.05) is 19.9 Å². The van der Waals surface area contributed by atoms with Gasteiger partial charge in [-0.25, -0.2) is 9.37 Å². The molecule has 0 saturated heterocycles. The molecule has 0 radical (unpaired) electrons. The second kappa shape index (κ2) is 10.3. The zero-order valence-electron chi connectivity index (χ0n) is 20.7. The summed E-state index contributed by atoms with van der Waals surface area (Å²) in [5.74, 6) is 0.760. The molecule has 1 aliphatic carbocycles. The van der Waals surface area contributed by atoms with Crippen molar-refractivity contribution in [2.24, 2.45) is 21.5 Å². The third kappa shape index (κ3) is 5.06. The molecule has 0 spiro atoms. The van der Waals surface area contributed by atoms with Crippen LogP contribution in [0.3, 0.4) is 0 Å². The number of ether oxygens (including phenoxy) is 1. The van der Waals surface area contributed by atoms with E-state index in [0.717, 1.165) is 35.3 Å². The largest absolute Gasteiger partial charge is 0.482 e. The summed E-state index contributed by atoms with van der Waals surface area (Å²) in [7, 11) is 3.48. The van der Waals surface area contributed by atoms with Crippen molar-refractivity contribution in [2.75, 3.05) is 19.4 Å². The van der Waals surface area contributed by atoms with Crippen molar-refractivity contribution >= 4 is 23.4 Å². The smallest absolute Gasteiger partial charge is 0.168 e. The van der Waals surface area contributed by atoms with Gasteiger partial charge in [0.25, 0.3) is 0 Å². The van der Waals surface area contributed by atoms with Crippen LogP contribution in [0.15, 0.2) is 57.3 Å². The molecule has 184 valence electrons. The summed E-state index contributed by atoms with van der Waals surface area (Å²) in [6, 6.07) is 6.72. The number of nitrogens with one attached hydrogen (secondary N) is 1. The zero-order valence-corrected chi connectivity index (χ0v) is 20.7. The lowest BCUT2D eigenvalue weighted by Gasteiger charge is -2.26. The van der Waals surface area contributed by atoms with Gasteiger partial charge >= 0.3 is 0 Å². The number of benzene rings is 1. The van der Waals surface area contributed by atoms with Gasteiger partial charge in [0.05, 0.1) is 11.8 Å². The molecule has 1 aliphatic heterocycles. The van der Waals surface area contributed by atoms with Crippen molar-refractivity contribution in [1.29, 1.82) is 0 Å². The Morgan fingerprint density at radius 3 is 2.69 bits per heavy atom. The number of aliphatic imine (C=N–C) groups is 2. The van der Waals surface area contributed by atoms with Gasteiger partial charge in [0.1, 0.15) is 11.9 Å². The number of hydrogen-bond donors (Lipinski definition) is 3. The predicted molar refractivity (Wildman–Crippen MR) is 140 cm³/mol. The number of fused-ring (bicyclic) bond motifs is 3. The van der Waals surface area contributed by atoms with Crippen LogP contribution in [0, 0.1) is 5.82 Å².